The second-order valence-corrected chi connectivity index (χ2v) is 7.28. The van der Waals surface area contributed by atoms with Crippen molar-refractivity contribution in [2.45, 2.75) is 26.1 Å². The van der Waals surface area contributed by atoms with Gasteiger partial charge in [-0.1, -0.05) is 42.5 Å². The number of rotatable bonds is 10. The molecule has 0 aliphatic carbocycles. The van der Waals surface area contributed by atoms with E-state index in [0.717, 1.165) is 29.8 Å². The van der Waals surface area contributed by atoms with Gasteiger partial charge in [-0.25, -0.2) is 4.98 Å². The highest BCUT2D eigenvalue weighted by Gasteiger charge is 2.18. The first-order valence-electron chi connectivity index (χ1n) is 10.3. The summed E-state index contributed by atoms with van der Waals surface area (Å²) in [6.45, 7) is 2.44. The van der Waals surface area contributed by atoms with Gasteiger partial charge in [-0.3, -0.25) is 4.79 Å². The smallest absolute Gasteiger partial charge is 0.289 e. The third-order valence-electron chi connectivity index (χ3n) is 4.97. The van der Waals surface area contributed by atoms with Gasteiger partial charge in [0.1, 0.15) is 12.4 Å². The number of furan rings is 1. The Labute approximate surface area is 181 Å². The fourth-order valence-corrected chi connectivity index (χ4v) is 3.32. The molecule has 4 rings (SSSR count). The van der Waals surface area contributed by atoms with Crippen molar-refractivity contribution >= 4 is 5.91 Å². The number of imidazole rings is 1. The third kappa shape index (κ3) is 5.85. The first-order valence-corrected chi connectivity index (χ1v) is 10.3. The van der Waals surface area contributed by atoms with E-state index in [4.69, 9.17) is 9.15 Å². The lowest BCUT2D eigenvalue weighted by atomic mass is 10.2. The maximum Gasteiger partial charge on any atom is 0.289 e. The standard InChI is InChI=1S/C25H25N3O3/c29-25(24-8-4-17-30-24)28(15-5-14-27-16-13-26-20-27)18-21-9-11-23(12-10-21)31-19-22-6-2-1-3-7-22/h1-4,6-13,16-17,20H,5,14-15,18-19H2. The van der Waals surface area contributed by atoms with Gasteiger partial charge in [0.25, 0.3) is 5.91 Å². The van der Waals surface area contributed by atoms with E-state index in [0.29, 0.717) is 25.5 Å². The molecule has 158 valence electrons. The summed E-state index contributed by atoms with van der Waals surface area (Å²) in [7, 11) is 0. The van der Waals surface area contributed by atoms with Crippen molar-refractivity contribution in [2.75, 3.05) is 6.54 Å². The second kappa shape index (κ2) is 10.3. The highest BCUT2D eigenvalue weighted by atomic mass is 16.5. The Kier molecular flexibility index (Phi) is 6.80. The largest absolute Gasteiger partial charge is 0.489 e. The van der Waals surface area contributed by atoms with Gasteiger partial charge in [0.2, 0.25) is 0 Å². The number of hydrogen-bond donors (Lipinski definition) is 0. The molecule has 0 N–H and O–H groups in total. The van der Waals surface area contributed by atoms with E-state index < -0.39 is 0 Å². The Balaban J connectivity index is 1.37. The molecule has 0 saturated heterocycles. The van der Waals surface area contributed by atoms with Gasteiger partial charge in [-0.15, -0.1) is 0 Å². The van der Waals surface area contributed by atoms with Crippen molar-refractivity contribution < 1.29 is 13.9 Å². The number of ether oxygens (including phenoxy) is 1. The molecule has 0 spiro atoms. The quantitative estimate of drug-likeness (QED) is 0.374. The van der Waals surface area contributed by atoms with Crippen LogP contribution in [0.15, 0.2) is 96.1 Å². The van der Waals surface area contributed by atoms with Crippen LogP contribution < -0.4 is 4.74 Å². The molecular weight excluding hydrogens is 390 g/mol. The van der Waals surface area contributed by atoms with Gasteiger partial charge in [-0.05, 0) is 41.8 Å². The highest BCUT2D eigenvalue weighted by molar-refractivity contribution is 5.91. The lowest BCUT2D eigenvalue weighted by Gasteiger charge is -2.22. The first-order chi connectivity index (χ1) is 15.3. The van der Waals surface area contributed by atoms with Crippen LogP contribution in [0.2, 0.25) is 0 Å². The molecule has 0 aliphatic heterocycles. The van der Waals surface area contributed by atoms with E-state index in [9.17, 15) is 4.79 Å². The van der Waals surface area contributed by atoms with Crippen LogP contribution in [0.25, 0.3) is 0 Å². The Morgan fingerprint density at radius 2 is 1.84 bits per heavy atom. The highest BCUT2D eigenvalue weighted by Crippen LogP contribution is 2.17. The summed E-state index contributed by atoms with van der Waals surface area (Å²) < 4.78 is 13.2. The summed E-state index contributed by atoms with van der Waals surface area (Å²) in [6, 6.07) is 21.4. The number of aryl methyl sites for hydroxylation is 1. The molecule has 0 bridgehead atoms. The Bertz CT molecular complexity index is 1040. The van der Waals surface area contributed by atoms with Crippen molar-refractivity contribution in [3.63, 3.8) is 0 Å². The van der Waals surface area contributed by atoms with E-state index in [1.54, 1.807) is 24.7 Å². The van der Waals surface area contributed by atoms with E-state index in [-0.39, 0.29) is 5.91 Å². The number of carbonyl (C=O) groups excluding carboxylic acids is 1. The summed E-state index contributed by atoms with van der Waals surface area (Å²) >= 11 is 0. The zero-order valence-corrected chi connectivity index (χ0v) is 17.3. The zero-order valence-electron chi connectivity index (χ0n) is 17.3. The lowest BCUT2D eigenvalue weighted by molar-refractivity contribution is 0.0707. The summed E-state index contributed by atoms with van der Waals surface area (Å²) in [5, 5.41) is 0. The van der Waals surface area contributed by atoms with Gasteiger partial charge in [-0.2, -0.15) is 0 Å². The van der Waals surface area contributed by atoms with Crippen LogP contribution in [-0.4, -0.2) is 26.9 Å². The Morgan fingerprint density at radius 1 is 1.00 bits per heavy atom. The van der Waals surface area contributed by atoms with Gasteiger partial charge < -0.3 is 18.6 Å². The van der Waals surface area contributed by atoms with Crippen molar-refractivity contribution in [3.05, 3.63) is 109 Å². The molecule has 6 heteroatoms. The van der Waals surface area contributed by atoms with Crippen molar-refractivity contribution in [1.82, 2.24) is 14.5 Å². The minimum absolute atomic E-state index is 0.111. The van der Waals surface area contributed by atoms with Crippen LogP contribution in [0.5, 0.6) is 5.75 Å². The summed E-state index contributed by atoms with van der Waals surface area (Å²) in [5.41, 5.74) is 2.16. The van der Waals surface area contributed by atoms with E-state index >= 15 is 0 Å². The number of nitrogens with zero attached hydrogens (tertiary/aromatic N) is 3. The predicted octanol–water partition coefficient (Wildman–Crippen LogP) is 4.79. The molecule has 2 aromatic carbocycles. The number of hydrogen-bond acceptors (Lipinski definition) is 4. The van der Waals surface area contributed by atoms with Crippen LogP contribution in [0.3, 0.4) is 0 Å². The van der Waals surface area contributed by atoms with Crippen LogP contribution in [0.1, 0.15) is 28.1 Å². The van der Waals surface area contributed by atoms with Gasteiger partial charge in [0, 0.05) is 32.0 Å². The Hall–Kier alpha value is -3.80. The Morgan fingerprint density at radius 3 is 2.55 bits per heavy atom. The van der Waals surface area contributed by atoms with E-state index in [1.807, 2.05) is 70.3 Å². The molecule has 0 fully saturated rings. The van der Waals surface area contributed by atoms with E-state index in [2.05, 4.69) is 4.98 Å². The zero-order chi connectivity index (χ0) is 21.3. The number of carbonyl (C=O) groups is 1. The summed E-state index contributed by atoms with van der Waals surface area (Å²) in [5.74, 6) is 1.04. The van der Waals surface area contributed by atoms with Crippen molar-refractivity contribution in [3.8, 4) is 5.75 Å². The molecule has 2 aromatic heterocycles. The first kappa shape index (κ1) is 20.5. The maximum atomic E-state index is 12.9. The molecule has 2 heterocycles. The van der Waals surface area contributed by atoms with Crippen LogP contribution in [-0.2, 0) is 19.7 Å². The lowest BCUT2D eigenvalue weighted by Crippen LogP contribution is -2.31. The molecule has 31 heavy (non-hydrogen) atoms. The van der Waals surface area contributed by atoms with E-state index in [1.165, 1.54) is 6.26 Å². The third-order valence-corrected chi connectivity index (χ3v) is 4.97. The van der Waals surface area contributed by atoms with Crippen molar-refractivity contribution in [2.24, 2.45) is 0 Å². The predicted molar refractivity (Wildman–Crippen MR) is 118 cm³/mol. The number of aromatic nitrogens is 2. The second-order valence-electron chi connectivity index (χ2n) is 7.28. The minimum atomic E-state index is -0.111. The molecule has 0 radical (unpaired) electrons. The summed E-state index contributed by atoms with van der Waals surface area (Å²) in [4.78, 5) is 18.8. The van der Waals surface area contributed by atoms with Gasteiger partial charge >= 0.3 is 0 Å². The molecule has 0 atom stereocenters. The number of benzene rings is 2. The topological polar surface area (TPSA) is 60.5 Å². The summed E-state index contributed by atoms with van der Waals surface area (Å²) in [6.07, 6.45) is 7.81. The molecule has 0 unspecified atom stereocenters. The monoisotopic (exact) mass is 415 g/mol. The molecule has 6 nitrogen and oxygen atoms in total. The van der Waals surface area contributed by atoms with Gasteiger partial charge in [0.15, 0.2) is 5.76 Å². The molecule has 1 amide bonds. The molecule has 0 aliphatic rings. The molecule has 0 saturated carbocycles. The molecular formula is C25H25N3O3. The normalized spacial score (nSPS) is 10.7. The number of amides is 1. The fourth-order valence-electron chi connectivity index (χ4n) is 3.32. The average Bonchev–Trinajstić information content (AvgIpc) is 3.53. The fraction of sp³-hybridized carbons (Fsp3) is 0.200. The average molecular weight is 415 g/mol. The van der Waals surface area contributed by atoms with Crippen molar-refractivity contribution in [1.29, 1.82) is 0 Å². The SMILES string of the molecule is O=C(c1ccco1)N(CCCn1ccnc1)Cc1ccc(OCc2ccccc2)cc1. The maximum absolute atomic E-state index is 12.9. The van der Waals surface area contributed by atoms with Crippen LogP contribution >= 0.6 is 0 Å². The minimum Gasteiger partial charge on any atom is -0.489 e. The van der Waals surface area contributed by atoms with Crippen LogP contribution in [0, 0.1) is 0 Å². The molecule has 4 aromatic rings. The van der Waals surface area contributed by atoms with Crippen LogP contribution in [0.4, 0.5) is 0 Å². The van der Waals surface area contributed by atoms with Gasteiger partial charge in [0.05, 0.1) is 12.6 Å².